The normalized spacial score (nSPS) is 10.6. The third kappa shape index (κ3) is 1.80. The van der Waals surface area contributed by atoms with E-state index >= 15 is 0 Å². The molecule has 0 saturated heterocycles. The lowest BCUT2D eigenvalue weighted by Gasteiger charge is -2.06. The van der Waals surface area contributed by atoms with Gasteiger partial charge >= 0.3 is 0 Å². The van der Waals surface area contributed by atoms with E-state index in [1.807, 2.05) is 24.4 Å². The van der Waals surface area contributed by atoms with Crippen molar-refractivity contribution in [3.8, 4) is 11.1 Å². The van der Waals surface area contributed by atoms with Crippen LogP contribution in [0.5, 0.6) is 0 Å². The molecule has 0 fully saturated rings. The number of pyridine rings is 1. The van der Waals surface area contributed by atoms with Crippen LogP contribution >= 0.6 is 0 Å². The molecular weight excluding hydrogens is 206 g/mol. The Bertz CT molecular complexity index is 671. The lowest BCUT2D eigenvalue weighted by Crippen LogP contribution is -1.85. The van der Waals surface area contributed by atoms with Crippen LogP contribution in [0.15, 0.2) is 60.8 Å². The van der Waals surface area contributed by atoms with Gasteiger partial charge in [0.05, 0.1) is 5.52 Å². The van der Waals surface area contributed by atoms with Crippen molar-refractivity contribution in [2.75, 3.05) is 0 Å². The molecule has 0 radical (unpaired) electrons. The minimum absolute atomic E-state index is 1.05. The van der Waals surface area contributed by atoms with Gasteiger partial charge in [0.2, 0.25) is 0 Å². The van der Waals surface area contributed by atoms with E-state index in [9.17, 15) is 0 Å². The predicted molar refractivity (Wildman–Crippen MR) is 71.9 cm³/mol. The molecule has 0 aliphatic rings. The number of fused-ring (bicyclic) bond motifs is 1. The summed E-state index contributed by atoms with van der Waals surface area (Å²) in [6, 6.07) is 18.8. The van der Waals surface area contributed by atoms with Gasteiger partial charge in [-0.2, -0.15) is 0 Å². The molecule has 1 aromatic heterocycles. The van der Waals surface area contributed by atoms with Crippen LogP contribution in [0.25, 0.3) is 22.0 Å². The van der Waals surface area contributed by atoms with Crippen molar-refractivity contribution in [1.82, 2.24) is 4.98 Å². The third-order valence-corrected chi connectivity index (χ3v) is 3.05. The van der Waals surface area contributed by atoms with E-state index in [4.69, 9.17) is 0 Å². The van der Waals surface area contributed by atoms with Gasteiger partial charge in [-0.25, -0.2) is 0 Å². The van der Waals surface area contributed by atoms with Crippen LogP contribution in [-0.4, -0.2) is 4.98 Å². The van der Waals surface area contributed by atoms with E-state index in [2.05, 4.69) is 48.3 Å². The molecule has 3 aromatic rings. The van der Waals surface area contributed by atoms with Gasteiger partial charge in [-0.1, -0.05) is 42.5 Å². The first-order valence-electron chi connectivity index (χ1n) is 5.75. The summed E-state index contributed by atoms with van der Waals surface area (Å²) >= 11 is 0. The highest BCUT2D eigenvalue weighted by atomic mass is 14.6. The zero-order valence-electron chi connectivity index (χ0n) is 9.72. The Labute approximate surface area is 101 Å². The highest BCUT2D eigenvalue weighted by Crippen LogP contribution is 2.25. The molecule has 3 rings (SSSR count). The zero-order chi connectivity index (χ0) is 11.7. The molecule has 1 heteroatoms. The van der Waals surface area contributed by atoms with Crippen LogP contribution < -0.4 is 0 Å². The number of aromatic nitrogens is 1. The fraction of sp³-hybridized carbons (Fsp3) is 0.0625. The molecule has 2 aromatic carbocycles. The minimum atomic E-state index is 1.05. The molecule has 0 saturated carbocycles. The van der Waals surface area contributed by atoms with Crippen molar-refractivity contribution in [2.24, 2.45) is 0 Å². The third-order valence-electron chi connectivity index (χ3n) is 3.05. The largest absolute Gasteiger partial charge is 0.256 e. The highest BCUT2D eigenvalue weighted by Gasteiger charge is 2.02. The summed E-state index contributed by atoms with van der Waals surface area (Å²) in [5.41, 5.74) is 4.77. The number of benzene rings is 2. The molecule has 0 aliphatic carbocycles. The average molecular weight is 219 g/mol. The molecule has 0 N–H and O–H groups in total. The maximum Gasteiger partial charge on any atom is 0.0702 e. The molecule has 17 heavy (non-hydrogen) atoms. The Morgan fingerprint density at radius 3 is 2.53 bits per heavy atom. The summed E-state index contributed by atoms with van der Waals surface area (Å²) in [6.07, 6.45) is 1.95. The van der Waals surface area contributed by atoms with Crippen molar-refractivity contribution >= 4 is 10.9 Å². The number of hydrogen-bond donors (Lipinski definition) is 0. The molecule has 0 amide bonds. The van der Waals surface area contributed by atoms with E-state index < -0.39 is 0 Å². The van der Waals surface area contributed by atoms with Gasteiger partial charge in [-0.15, -0.1) is 0 Å². The molecule has 0 spiro atoms. The minimum Gasteiger partial charge on any atom is -0.256 e. The number of hydrogen-bond acceptors (Lipinski definition) is 1. The van der Waals surface area contributed by atoms with Gasteiger partial charge in [0, 0.05) is 17.1 Å². The van der Waals surface area contributed by atoms with Crippen LogP contribution in [-0.2, 0) is 0 Å². The Morgan fingerprint density at radius 1 is 0.882 bits per heavy atom. The SMILES string of the molecule is Cc1ccccc1-c1cnc2ccccc2c1. The van der Waals surface area contributed by atoms with Crippen LogP contribution in [0.2, 0.25) is 0 Å². The first-order valence-corrected chi connectivity index (χ1v) is 5.75. The number of para-hydroxylation sites is 1. The molecule has 0 aliphatic heterocycles. The van der Waals surface area contributed by atoms with Gasteiger partial charge in [0.1, 0.15) is 0 Å². The van der Waals surface area contributed by atoms with Crippen molar-refractivity contribution in [2.45, 2.75) is 6.92 Å². The number of nitrogens with zero attached hydrogens (tertiary/aromatic N) is 1. The van der Waals surface area contributed by atoms with Crippen molar-refractivity contribution < 1.29 is 0 Å². The molecule has 82 valence electrons. The van der Waals surface area contributed by atoms with Crippen molar-refractivity contribution in [1.29, 1.82) is 0 Å². The Hall–Kier alpha value is -2.15. The van der Waals surface area contributed by atoms with E-state index in [0.717, 1.165) is 5.52 Å². The standard InChI is InChI=1S/C16H13N/c1-12-6-2-4-8-15(12)14-10-13-7-3-5-9-16(13)17-11-14/h2-11H,1H3. The summed E-state index contributed by atoms with van der Waals surface area (Å²) < 4.78 is 0. The second-order valence-corrected chi connectivity index (χ2v) is 4.23. The monoisotopic (exact) mass is 219 g/mol. The number of rotatable bonds is 1. The van der Waals surface area contributed by atoms with Gasteiger partial charge in [-0.3, -0.25) is 4.98 Å². The topological polar surface area (TPSA) is 12.9 Å². The predicted octanol–water partition coefficient (Wildman–Crippen LogP) is 4.21. The lowest BCUT2D eigenvalue weighted by molar-refractivity contribution is 1.39. The quantitative estimate of drug-likeness (QED) is 0.597. The van der Waals surface area contributed by atoms with E-state index in [-0.39, 0.29) is 0 Å². The van der Waals surface area contributed by atoms with Crippen molar-refractivity contribution in [3.63, 3.8) is 0 Å². The van der Waals surface area contributed by atoms with Crippen LogP contribution in [0, 0.1) is 6.92 Å². The van der Waals surface area contributed by atoms with Crippen LogP contribution in [0.3, 0.4) is 0 Å². The maximum absolute atomic E-state index is 4.50. The zero-order valence-corrected chi connectivity index (χ0v) is 9.72. The van der Waals surface area contributed by atoms with Crippen LogP contribution in [0.1, 0.15) is 5.56 Å². The first-order chi connectivity index (χ1) is 8.34. The van der Waals surface area contributed by atoms with Gasteiger partial charge in [0.25, 0.3) is 0 Å². The molecule has 0 bridgehead atoms. The summed E-state index contributed by atoms with van der Waals surface area (Å²) in [5.74, 6) is 0. The van der Waals surface area contributed by atoms with E-state index in [1.54, 1.807) is 0 Å². The smallest absolute Gasteiger partial charge is 0.0702 e. The second-order valence-electron chi connectivity index (χ2n) is 4.23. The number of aryl methyl sites for hydroxylation is 1. The van der Waals surface area contributed by atoms with Gasteiger partial charge < -0.3 is 0 Å². The average Bonchev–Trinajstić information content (AvgIpc) is 2.39. The van der Waals surface area contributed by atoms with Crippen molar-refractivity contribution in [3.05, 3.63) is 66.4 Å². The lowest BCUT2D eigenvalue weighted by atomic mass is 10.0. The summed E-state index contributed by atoms with van der Waals surface area (Å²) in [5, 5.41) is 1.19. The molecule has 0 atom stereocenters. The maximum atomic E-state index is 4.50. The summed E-state index contributed by atoms with van der Waals surface area (Å²) in [7, 11) is 0. The Kier molecular flexibility index (Phi) is 2.37. The molecular formula is C16H13N. The van der Waals surface area contributed by atoms with Gasteiger partial charge in [0.15, 0.2) is 0 Å². The second kappa shape index (κ2) is 4.02. The first kappa shape index (κ1) is 10.0. The summed E-state index contributed by atoms with van der Waals surface area (Å²) in [6.45, 7) is 2.13. The Balaban J connectivity index is 2.22. The molecule has 1 heterocycles. The molecule has 0 unspecified atom stereocenters. The van der Waals surface area contributed by atoms with E-state index in [1.165, 1.54) is 22.1 Å². The summed E-state index contributed by atoms with van der Waals surface area (Å²) in [4.78, 5) is 4.50. The van der Waals surface area contributed by atoms with Gasteiger partial charge in [-0.05, 0) is 30.2 Å². The fourth-order valence-electron chi connectivity index (χ4n) is 2.12. The van der Waals surface area contributed by atoms with Crippen LogP contribution in [0.4, 0.5) is 0 Å². The Morgan fingerprint density at radius 2 is 1.65 bits per heavy atom. The molecule has 1 nitrogen and oxygen atoms in total. The fourth-order valence-corrected chi connectivity index (χ4v) is 2.12. The van der Waals surface area contributed by atoms with E-state index in [0.29, 0.717) is 0 Å². The highest BCUT2D eigenvalue weighted by molar-refractivity contribution is 5.83.